The van der Waals surface area contributed by atoms with E-state index >= 15 is 0 Å². The third kappa shape index (κ3) is 3.46. The van der Waals surface area contributed by atoms with E-state index in [-0.39, 0.29) is 11.1 Å². The highest BCUT2D eigenvalue weighted by molar-refractivity contribution is 5.92. The molecule has 7 heteroatoms. The molecule has 2 unspecified atom stereocenters. The van der Waals surface area contributed by atoms with E-state index in [2.05, 4.69) is 26.8 Å². The van der Waals surface area contributed by atoms with Gasteiger partial charge in [-0.2, -0.15) is 0 Å². The van der Waals surface area contributed by atoms with Gasteiger partial charge >= 0.3 is 0 Å². The van der Waals surface area contributed by atoms with Gasteiger partial charge in [-0.1, -0.05) is 24.0 Å². The number of benzene rings is 1. The third-order valence-corrected chi connectivity index (χ3v) is 6.04. The summed E-state index contributed by atoms with van der Waals surface area (Å²) in [5.74, 6) is 6.86. The maximum atomic E-state index is 11.9. The van der Waals surface area contributed by atoms with E-state index in [1.807, 2.05) is 42.3 Å². The fraction of sp³-hybridized carbons (Fsp3) is 0.250. The second kappa shape index (κ2) is 7.27. The highest BCUT2D eigenvalue weighted by Gasteiger charge is 2.64. The van der Waals surface area contributed by atoms with Gasteiger partial charge in [-0.25, -0.2) is 15.0 Å². The van der Waals surface area contributed by atoms with E-state index in [9.17, 15) is 9.90 Å². The van der Waals surface area contributed by atoms with Crippen molar-refractivity contribution >= 4 is 5.91 Å². The molecule has 1 aliphatic heterocycles. The summed E-state index contributed by atoms with van der Waals surface area (Å²) in [6.07, 6.45) is 3.70. The van der Waals surface area contributed by atoms with Crippen molar-refractivity contribution in [3.63, 3.8) is 0 Å². The van der Waals surface area contributed by atoms with Gasteiger partial charge in [-0.05, 0) is 49.7 Å². The number of piperidine rings is 1. The van der Waals surface area contributed by atoms with E-state index in [1.165, 1.54) is 0 Å². The molecule has 2 fully saturated rings. The average molecular weight is 411 g/mol. The molecule has 3 aromatic rings. The summed E-state index contributed by atoms with van der Waals surface area (Å²) in [6, 6.07) is 12.8. The van der Waals surface area contributed by atoms with Crippen molar-refractivity contribution in [2.45, 2.75) is 12.6 Å². The number of aromatic nitrogens is 3. The molecular formula is C24H21N5O2. The van der Waals surface area contributed by atoms with Crippen molar-refractivity contribution in [3.05, 3.63) is 66.1 Å². The molecule has 0 radical (unpaired) electrons. The van der Waals surface area contributed by atoms with E-state index in [4.69, 9.17) is 5.73 Å². The average Bonchev–Trinajstić information content (AvgIpc) is 3.44. The number of aliphatic hydroxyl groups excluding tert-OH is 1. The summed E-state index contributed by atoms with van der Waals surface area (Å²) in [6.45, 7) is 0.879. The summed E-state index contributed by atoms with van der Waals surface area (Å²) in [5.41, 5.74) is 8.22. The number of aliphatic hydroxyl groups is 1. The van der Waals surface area contributed by atoms with Crippen LogP contribution in [-0.2, 0) is 0 Å². The predicted octanol–water partition coefficient (Wildman–Crippen LogP) is 1.93. The van der Waals surface area contributed by atoms with Gasteiger partial charge in [0.05, 0.1) is 11.1 Å². The maximum Gasteiger partial charge on any atom is 0.267 e. The van der Waals surface area contributed by atoms with Crippen molar-refractivity contribution in [3.8, 4) is 34.5 Å². The lowest BCUT2D eigenvalue weighted by molar-refractivity contribution is 0.0144. The van der Waals surface area contributed by atoms with Crippen molar-refractivity contribution < 1.29 is 9.90 Å². The molecule has 0 spiro atoms. The van der Waals surface area contributed by atoms with Gasteiger partial charge < -0.3 is 10.8 Å². The Bertz CT molecular complexity index is 1230. The number of nitrogens with two attached hydrogens (primary N) is 1. The Morgan fingerprint density at radius 2 is 2.00 bits per heavy atom. The Balaban J connectivity index is 1.51. The Morgan fingerprint density at radius 1 is 1.19 bits per heavy atom. The molecule has 1 amide bonds. The van der Waals surface area contributed by atoms with Gasteiger partial charge in [0.25, 0.3) is 5.91 Å². The molecule has 0 bridgehead atoms. The molecule has 2 aromatic heterocycles. The van der Waals surface area contributed by atoms with Crippen LogP contribution in [0.1, 0.15) is 22.5 Å². The van der Waals surface area contributed by atoms with Gasteiger partial charge in [-0.15, -0.1) is 0 Å². The van der Waals surface area contributed by atoms with Crippen molar-refractivity contribution in [1.29, 1.82) is 0 Å². The van der Waals surface area contributed by atoms with Crippen molar-refractivity contribution in [1.82, 2.24) is 19.9 Å². The summed E-state index contributed by atoms with van der Waals surface area (Å²) < 4.78 is 0. The molecule has 3 N–H and O–H groups in total. The number of carbonyl (C=O) groups is 1. The zero-order valence-electron chi connectivity index (χ0n) is 17.0. The van der Waals surface area contributed by atoms with Crippen LogP contribution in [0.4, 0.5) is 0 Å². The largest absolute Gasteiger partial charge is 0.377 e. The number of rotatable bonds is 3. The third-order valence-electron chi connectivity index (χ3n) is 6.04. The molecular weight excluding hydrogens is 390 g/mol. The van der Waals surface area contributed by atoms with Crippen LogP contribution < -0.4 is 5.73 Å². The molecule has 3 heterocycles. The van der Waals surface area contributed by atoms with E-state index in [0.717, 1.165) is 24.1 Å². The van der Waals surface area contributed by atoms with Crippen LogP contribution in [0.25, 0.3) is 22.6 Å². The number of nitrogens with zero attached hydrogens (tertiary/aromatic N) is 4. The number of amides is 1. The molecule has 154 valence electrons. The lowest BCUT2D eigenvalue weighted by Gasteiger charge is -2.20. The number of fused-ring (bicyclic) bond motifs is 1. The predicted molar refractivity (Wildman–Crippen MR) is 115 cm³/mol. The topological polar surface area (TPSA) is 105 Å². The fourth-order valence-corrected chi connectivity index (χ4v) is 4.28. The molecule has 5 rings (SSSR count). The Labute approximate surface area is 180 Å². The first-order valence-electron chi connectivity index (χ1n) is 10.1. The summed E-state index contributed by atoms with van der Waals surface area (Å²) in [5, 5.41) is 10.4. The van der Waals surface area contributed by atoms with Crippen LogP contribution >= 0.6 is 0 Å². The number of hydrogen-bond donors (Lipinski definition) is 2. The van der Waals surface area contributed by atoms with Crippen LogP contribution in [0.5, 0.6) is 0 Å². The number of likely N-dealkylation sites (tertiary alicyclic amines) is 1. The normalized spacial score (nSPS) is 24.2. The van der Waals surface area contributed by atoms with Gasteiger partial charge in [0.2, 0.25) is 0 Å². The molecule has 31 heavy (non-hydrogen) atoms. The molecule has 1 aromatic carbocycles. The summed E-state index contributed by atoms with van der Waals surface area (Å²) >= 11 is 0. The van der Waals surface area contributed by atoms with Gasteiger partial charge in [0.1, 0.15) is 11.9 Å². The van der Waals surface area contributed by atoms with Gasteiger partial charge in [0, 0.05) is 35.6 Å². The number of carbonyl (C=O) groups excluding carboxylic acids is 1. The first-order valence-corrected chi connectivity index (χ1v) is 10.1. The first kappa shape index (κ1) is 19.4. The number of primary amides is 1. The molecule has 1 saturated carbocycles. The van der Waals surface area contributed by atoms with E-state index in [1.54, 1.807) is 24.5 Å². The quantitative estimate of drug-likeness (QED) is 0.638. The Morgan fingerprint density at radius 3 is 2.71 bits per heavy atom. The van der Waals surface area contributed by atoms with E-state index < -0.39 is 12.1 Å². The lowest BCUT2D eigenvalue weighted by atomic mass is 10.0. The summed E-state index contributed by atoms with van der Waals surface area (Å²) in [7, 11) is 1.92. The Hall–Kier alpha value is -3.60. The Kier molecular flexibility index (Phi) is 4.54. The van der Waals surface area contributed by atoms with Gasteiger partial charge in [-0.3, -0.25) is 9.69 Å². The molecule has 7 nitrogen and oxygen atoms in total. The van der Waals surface area contributed by atoms with E-state index in [0.29, 0.717) is 23.0 Å². The van der Waals surface area contributed by atoms with Crippen LogP contribution in [0.3, 0.4) is 0 Å². The minimum absolute atomic E-state index is 0.147. The van der Waals surface area contributed by atoms with Crippen molar-refractivity contribution in [2.75, 3.05) is 13.6 Å². The SMILES string of the molecule is CN1CC2C[C@]2(C#Cc2cccc(-c3cc(-c4ncccn4)cc(C(N)=O)n3)c2)C1O. The van der Waals surface area contributed by atoms with Crippen LogP contribution in [-0.4, -0.2) is 50.7 Å². The molecule has 2 aliphatic rings. The molecule has 3 atom stereocenters. The second-order valence-electron chi connectivity index (χ2n) is 8.15. The maximum absolute atomic E-state index is 11.9. The highest BCUT2D eigenvalue weighted by atomic mass is 16.3. The number of hydrogen-bond acceptors (Lipinski definition) is 6. The highest BCUT2D eigenvalue weighted by Crippen LogP contribution is 2.60. The van der Waals surface area contributed by atoms with Gasteiger partial charge in [0.15, 0.2) is 5.82 Å². The monoisotopic (exact) mass is 411 g/mol. The van der Waals surface area contributed by atoms with Crippen LogP contribution in [0.15, 0.2) is 54.9 Å². The second-order valence-corrected chi connectivity index (χ2v) is 8.15. The lowest BCUT2D eigenvalue weighted by Crippen LogP contribution is -2.32. The zero-order chi connectivity index (χ0) is 21.6. The standard InChI is InChI=1S/C24H21N5O2/c1-29-14-18-13-24(18,23(29)31)7-6-15-4-2-5-16(10-15)19-11-17(12-20(28-19)21(25)30)22-26-8-3-9-27-22/h2-5,8-12,18,23,31H,13-14H2,1H3,(H2,25,30)/t18?,23?,24-/m0/s1. The fourth-order valence-electron chi connectivity index (χ4n) is 4.28. The smallest absolute Gasteiger partial charge is 0.267 e. The van der Waals surface area contributed by atoms with Crippen molar-refractivity contribution in [2.24, 2.45) is 17.1 Å². The van der Waals surface area contributed by atoms with Crippen LogP contribution in [0.2, 0.25) is 0 Å². The molecule has 1 saturated heterocycles. The molecule has 1 aliphatic carbocycles. The number of pyridine rings is 1. The zero-order valence-corrected chi connectivity index (χ0v) is 17.0. The first-order chi connectivity index (χ1) is 15.0. The summed E-state index contributed by atoms with van der Waals surface area (Å²) in [4.78, 5) is 26.7. The van der Waals surface area contributed by atoms with Crippen LogP contribution in [0, 0.1) is 23.2 Å². The minimum atomic E-state index is -0.617. The minimum Gasteiger partial charge on any atom is -0.377 e.